The summed E-state index contributed by atoms with van der Waals surface area (Å²) in [7, 11) is -1.35. The van der Waals surface area contributed by atoms with Gasteiger partial charge in [0, 0.05) is 37.1 Å². The van der Waals surface area contributed by atoms with Crippen LogP contribution in [0.4, 0.5) is 0 Å². The Morgan fingerprint density at radius 3 is 2.86 bits per heavy atom. The SMILES string of the molecule is CCCNCc1sccc1S(=O)(=O)N1CCN(C)CC1C. The van der Waals surface area contributed by atoms with Gasteiger partial charge in [-0.3, -0.25) is 0 Å². The van der Waals surface area contributed by atoms with E-state index in [1.165, 1.54) is 11.3 Å². The molecule has 1 saturated heterocycles. The van der Waals surface area contributed by atoms with Crippen LogP contribution in [-0.4, -0.2) is 56.9 Å². The number of nitrogens with zero attached hydrogens (tertiary/aromatic N) is 2. The summed E-state index contributed by atoms with van der Waals surface area (Å²) < 4.78 is 27.5. The zero-order valence-electron chi connectivity index (χ0n) is 13.0. The molecular formula is C14H25N3O2S2. The standard InChI is InChI=1S/C14H25N3O2S2/c1-4-6-15-10-13-14(5-9-20-13)21(18,19)17-8-7-16(3)11-12(17)2/h5,9,12,15H,4,6-8,10-11H2,1-3H3. The van der Waals surface area contributed by atoms with Crippen LogP contribution in [0, 0.1) is 0 Å². The quantitative estimate of drug-likeness (QED) is 0.804. The molecule has 1 N–H and O–H groups in total. The van der Waals surface area contributed by atoms with Gasteiger partial charge in [0.25, 0.3) is 0 Å². The van der Waals surface area contributed by atoms with Crippen LogP contribution in [0.15, 0.2) is 16.3 Å². The van der Waals surface area contributed by atoms with Gasteiger partial charge in [-0.2, -0.15) is 4.31 Å². The van der Waals surface area contributed by atoms with Crippen LogP contribution in [0.3, 0.4) is 0 Å². The lowest BCUT2D eigenvalue weighted by atomic mass is 10.2. The summed E-state index contributed by atoms with van der Waals surface area (Å²) in [5, 5.41) is 5.16. The van der Waals surface area contributed by atoms with Crippen molar-refractivity contribution in [2.24, 2.45) is 0 Å². The molecule has 120 valence electrons. The molecule has 0 spiro atoms. The Bertz CT molecular complexity index is 556. The predicted molar refractivity (Wildman–Crippen MR) is 87.2 cm³/mol. The first-order chi connectivity index (χ1) is 9.96. The molecule has 0 amide bonds. The Morgan fingerprint density at radius 1 is 1.43 bits per heavy atom. The number of sulfonamides is 1. The molecule has 1 atom stereocenters. The second-order valence-electron chi connectivity index (χ2n) is 5.61. The van der Waals surface area contributed by atoms with Gasteiger partial charge in [-0.1, -0.05) is 6.92 Å². The summed E-state index contributed by atoms with van der Waals surface area (Å²) in [6.07, 6.45) is 1.04. The monoisotopic (exact) mass is 331 g/mol. The first-order valence-electron chi connectivity index (χ1n) is 7.44. The molecule has 0 aliphatic carbocycles. The fourth-order valence-electron chi connectivity index (χ4n) is 2.67. The van der Waals surface area contributed by atoms with Crippen molar-refractivity contribution in [1.82, 2.24) is 14.5 Å². The zero-order chi connectivity index (χ0) is 15.5. The minimum atomic E-state index is -3.38. The third-order valence-electron chi connectivity index (χ3n) is 3.77. The molecular weight excluding hydrogens is 306 g/mol. The average molecular weight is 332 g/mol. The summed E-state index contributed by atoms with van der Waals surface area (Å²) >= 11 is 1.51. The molecule has 21 heavy (non-hydrogen) atoms. The van der Waals surface area contributed by atoms with Crippen LogP contribution in [0.1, 0.15) is 25.1 Å². The Labute approximate surface area is 132 Å². The molecule has 1 aliphatic heterocycles. The van der Waals surface area contributed by atoms with Gasteiger partial charge in [0.2, 0.25) is 10.0 Å². The van der Waals surface area contributed by atoms with Crippen molar-refractivity contribution in [3.63, 3.8) is 0 Å². The second-order valence-corrected chi connectivity index (χ2v) is 8.47. The van der Waals surface area contributed by atoms with Crippen LogP contribution in [0.25, 0.3) is 0 Å². The Balaban J connectivity index is 2.18. The van der Waals surface area contributed by atoms with E-state index in [1.807, 2.05) is 19.4 Å². The maximum absolute atomic E-state index is 12.9. The number of piperazine rings is 1. The Morgan fingerprint density at radius 2 is 2.19 bits per heavy atom. The summed E-state index contributed by atoms with van der Waals surface area (Å²) in [4.78, 5) is 3.57. The third-order valence-corrected chi connectivity index (χ3v) is 6.92. The number of likely N-dealkylation sites (N-methyl/N-ethyl adjacent to an activating group) is 1. The minimum absolute atomic E-state index is 0.0186. The summed E-state index contributed by atoms with van der Waals surface area (Å²) in [5.74, 6) is 0. The normalized spacial score (nSPS) is 21.8. The highest BCUT2D eigenvalue weighted by atomic mass is 32.2. The lowest BCUT2D eigenvalue weighted by Gasteiger charge is -2.37. The summed E-state index contributed by atoms with van der Waals surface area (Å²) in [6.45, 7) is 7.76. The van der Waals surface area contributed by atoms with Crippen molar-refractivity contribution in [1.29, 1.82) is 0 Å². The van der Waals surface area contributed by atoms with Crippen molar-refractivity contribution in [3.05, 3.63) is 16.3 Å². The van der Waals surface area contributed by atoms with Gasteiger partial charge in [-0.15, -0.1) is 11.3 Å². The molecule has 5 nitrogen and oxygen atoms in total. The van der Waals surface area contributed by atoms with Crippen molar-refractivity contribution in [3.8, 4) is 0 Å². The topological polar surface area (TPSA) is 52.7 Å². The Hall–Kier alpha value is -0.470. The maximum Gasteiger partial charge on any atom is 0.244 e. The molecule has 1 unspecified atom stereocenters. The van der Waals surface area contributed by atoms with Crippen LogP contribution in [0.5, 0.6) is 0 Å². The molecule has 0 aromatic carbocycles. The van der Waals surface area contributed by atoms with E-state index in [4.69, 9.17) is 0 Å². The van der Waals surface area contributed by atoms with Crippen molar-refractivity contribution >= 4 is 21.4 Å². The van der Waals surface area contributed by atoms with Crippen LogP contribution in [-0.2, 0) is 16.6 Å². The average Bonchev–Trinajstić information content (AvgIpc) is 2.87. The number of hydrogen-bond acceptors (Lipinski definition) is 5. The van der Waals surface area contributed by atoms with Crippen LogP contribution < -0.4 is 5.32 Å². The van der Waals surface area contributed by atoms with Crippen molar-refractivity contribution < 1.29 is 8.42 Å². The molecule has 2 rings (SSSR count). The minimum Gasteiger partial charge on any atom is -0.312 e. The van der Waals surface area contributed by atoms with Gasteiger partial charge >= 0.3 is 0 Å². The summed E-state index contributed by atoms with van der Waals surface area (Å²) in [6, 6.07) is 1.76. The van der Waals surface area contributed by atoms with E-state index in [1.54, 1.807) is 10.4 Å². The maximum atomic E-state index is 12.9. The van der Waals surface area contributed by atoms with E-state index >= 15 is 0 Å². The molecule has 1 aromatic rings. The van der Waals surface area contributed by atoms with E-state index in [2.05, 4.69) is 17.1 Å². The van der Waals surface area contributed by atoms with E-state index in [9.17, 15) is 8.42 Å². The summed E-state index contributed by atoms with van der Waals surface area (Å²) in [5.41, 5.74) is 0. The molecule has 0 bridgehead atoms. The van der Waals surface area contributed by atoms with Crippen molar-refractivity contribution in [2.45, 2.75) is 37.8 Å². The fraction of sp³-hybridized carbons (Fsp3) is 0.714. The van der Waals surface area contributed by atoms with Crippen LogP contribution in [0.2, 0.25) is 0 Å². The first-order valence-corrected chi connectivity index (χ1v) is 9.76. The number of hydrogen-bond donors (Lipinski definition) is 1. The number of thiophene rings is 1. The fourth-order valence-corrected chi connectivity index (χ4v) is 5.67. The zero-order valence-corrected chi connectivity index (χ0v) is 14.6. The van der Waals surface area contributed by atoms with Crippen LogP contribution >= 0.6 is 11.3 Å². The van der Waals surface area contributed by atoms with E-state index < -0.39 is 10.0 Å². The number of nitrogens with one attached hydrogen (secondary N) is 1. The molecule has 1 aromatic heterocycles. The predicted octanol–water partition coefficient (Wildman–Crippen LogP) is 1.57. The molecule has 0 saturated carbocycles. The highest BCUT2D eigenvalue weighted by Gasteiger charge is 2.34. The Kier molecular flexibility index (Phi) is 5.79. The second kappa shape index (κ2) is 7.19. The third kappa shape index (κ3) is 3.84. The van der Waals surface area contributed by atoms with E-state index in [0.29, 0.717) is 18.0 Å². The molecule has 2 heterocycles. The lowest BCUT2D eigenvalue weighted by Crippen LogP contribution is -2.52. The molecule has 1 fully saturated rings. The van der Waals surface area contributed by atoms with Gasteiger partial charge < -0.3 is 10.2 Å². The van der Waals surface area contributed by atoms with Gasteiger partial charge in [-0.25, -0.2) is 8.42 Å². The molecule has 1 aliphatic rings. The van der Waals surface area contributed by atoms with Gasteiger partial charge in [0.15, 0.2) is 0 Å². The largest absolute Gasteiger partial charge is 0.312 e. The highest BCUT2D eigenvalue weighted by molar-refractivity contribution is 7.89. The van der Waals surface area contributed by atoms with Gasteiger partial charge in [0.05, 0.1) is 4.90 Å². The molecule has 7 heteroatoms. The van der Waals surface area contributed by atoms with E-state index in [-0.39, 0.29) is 6.04 Å². The van der Waals surface area contributed by atoms with Crippen molar-refractivity contribution in [2.75, 3.05) is 33.2 Å². The van der Waals surface area contributed by atoms with Gasteiger partial charge in [-0.05, 0) is 38.4 Å². The van der Waals surface area contributed by atoms with Gasteiger partial charge in [0.1, 0.15) is 0 Å². The van der Waals surface area contributed by atoms with E-state index in [0.717, 1.165) is 30.9 Å². The lowest BCUT2D eigenvalue weighted by molar-refractivity contribution is 0.170. The number of rotatable bonds is 6. The first kappa shape index (κ1) is 16.9. The highest BCUT2D eigenvalue weighted by Crippen LogP contribution is 2.27. The smallest absolute Gasteiger partial charge is 0.244 e. The molecule has 0 radical (unpaired) electrons.